The summed E-state index contributed by atoms with van der Waals surface area (Å²) in [5.74, 6) is -1.35. The molecule has 0 aromatic heterocycles. The number of ether oxygens (including phenoxy) is 1. The molecule has 2 aromatic rings. The van der Waals surface area contributed by atoms with E-state index in [4.69, 9.17) is 27.9 Å². The summed E-state index contributed by atoms with van der Waals surface area (Å²) < 4.78 is 19.1. The van der Waals surface area contributed by atoms with Crippen LogP contribution < -0.4 is 10.1 Å². The van der Waals surface area contributed by atoms with Gasteiger partial charge in [0.1, 0.15) is 6.04 Å². The van der Waals surface area contributed by atoms with E-state index in [1.807, 2.05) is 6.92 Å². The average molecular weight is 455 g/mol. The first-order valence-corrected chi connectivity index (χ1v) is 10.5. The van der Waals surface area contributed by atoms with Crippen LogP contribution in [0.5, 0.6) is 5.75 Å². The molecule has 0 fully saturated rings. The molecule has 162 valence electrons. The summed E-state index contributed by atoms with van der Waals surface area (Å²) in [7, 11) is 0. The highest BCUT2D eigenvalue weighted by atomic mass is 35.5. The quantitative estimate of drug-likeness (QED) is 0.522. The van der Waals surface area contributed by atoms with E-state index in [0.29, 0.717) is 22.2 Å². The Bertz CT molecular complexity index is 879. The molecule has 5 nitrogen and oxygen atoms in total. The number of rotatable bonds is 10. The first-order chi connectivity index (χ1) is 14.3. The predicted octanol–water partition coefficient (Wildman–Crippen LogP) is 4.84. The van der Waals surface area contributed by atoms with Gasteiger partial charge in [0, 0.05) is 23.1 Å². The Morgan fingerprint density at radius 2 is 1.93 bits per heavy atom. The van der Waals surface area contributed by atoms with Gasteiger partial charge in [-0.3, -0.25) is 9.59 Å². The van der Waals surface area contributed by atoms with Crippen LogP contribution in [-0.2, 0) is 16.1 Å². The molecule has 30 heavy (non-hydrogen) atoms. The van der Waals surface area contributed by atoms with Gasteiger partial charge in [0.05, 0.1) is 0 Å². The number of hydrogen-bond donors (Lipinski definition) is 1. The molecule has 1 N–H and O–H groups in total. The normalized spacial score (nSPS) is 11.6. The second-order valence-electron chi connectivity index (χ2n) is 6.80. The number of unbranched alkanes of at least 4 members (excludes halogenated alkanes) is 1. The van der Waals surface area contributed by atoms with Gasteiger partial charge in [-0.05, 0) is 43.2 Å². The maximum absolute atomic E-state index is 13.8. The van der Waals surface area contributed by atoms with Crippen LogP contribution in [0.25, 0.3) is 0 Å². The van der Waals surface area contributed by atoms with Crippen LogP contribution in [0, 0.1) is 5.82 Å². The zero-order valence-corrected chi connectivity index (χ0v) is 18.5. The molecule has 2 amide bonds. The number of amides is 2. The monoisotopic (exact) mass is 454 g/mol. The van der Waals surface area contributed by atoms with Crippen LogP contribution in [0.1, 0.15) is 32.3 Å². The van der Waals surface area contributed by atoms with Crippen molar-refractivity contribution in [2.75, 3.05) is 13.2 Å². The fourth-order valence-electron chi connectivity index (χ4n) is 2.74. The summed E-state index contributed by atoms with van der Waals surface area (Å²) in [5, 5.41) is 3.67. The Kier molecular flexibility index (Phi) is 9.40. The molecule has 0 aliphatic rings. The van der Waals surface area contributed by atoms with E-state index in [-0.39, 0.29) is 18.2 Å². The van der Waals surface area contributed by atoms with Gasteiger partial charge < -0.3 is 15.0 Å². The van der Waals surface area contributed by atoms with E-state index in [9.17, 15) is 14.0 Å². The van der Waals surface area contributed by atoms with Crippen LogP contribution in [0.2, 0.25) is 10.0 Å². The fourth-order valence-corrected chi connectivity index (χ4v) is 3.20. The van der Waals surface area contributed by atoms with Crippen molar-refractivity contribution >= 4 is 35.0 Å². The molecule has 0 bridgehead atoms. The SMILES string of the molecule is CCCCNC(=O)[C@@H](C)N(Cc1ccc(Cl)cc1Cl)C(=O)COc1ccccc1F. The zero-order chi connectivity index (χ0) is 22.1. The first-order valence-electron chi connectivity index (χ1n) is 9.72. The third-order valence-electron chi connectivity index (χ3n) is 4.54. The summed E-state index contributed by atoms with van der Waals surface area (Å²) in [4.78, 5) is 26.8. The molecule has 2 aromatic carbocycles. The molecule has 2 rings (SSSR count). The van der Waals surface area contributed by atoms with Crippen LogP contribution in [0.4, 0.5) is 4.39 Å². The first kappa shape index (κ1) is 24.0. The molecule has 0 spiro atoms. The lowest BCUT2D eigenvalue weighted by atomic mass is 10.1. The van der Waals surface area contributed by atoms with Crippen molar-refractivity contribution in [1.29, 1.82) is 0 Å². The molecular weight excluding hydrogens is 430 g/mol. The maximum atomic E-state index is 13.8. The summed E-state index contributed by atoms with van der Waals surface area (Å²) in [6, 6.07) is 9.98. The summed E-state index contributed by atoms with van der Waals surface area (Å²) in [5.41, 5.74) is 0.633. The van der Waals surface area contributed by atoms with Crippen LogP contribution in [-0.4, -0.2) is 35.9 Å². The van der Waals surface area contributed by atoms with Crippen LogP contribution in [0.15, 0.2) is 42.5 Å². The van der Waals surface area contributed by atoms with Crippen molar-refractivity contribution in [3.63, 3.8) is 0 Å². The van der Waals surface area contributed by atoms with E-state index in [1.54, 1.807) is 31.2 Å². The number of carbonyl (C=O) groups excluding carboxylic acids is 2. The van der Waals surface area contributed by atoms with Gasteiger partial charge in [-0.15, -0.1) is 0 Å². The van der Waals surface area contributed by atoms with Crippen molar-refractivity contribution in [1.82, 2.24) is 10.2 Å². The average Bonchev–Trinajstić information content (AvgIpc) is 2.72. The Morgan fingerprint density at radius 3 is 2.60 bits per heavy atom. The summed E-state index contributed by atoms with van der Waals surface area (Å²) >= 11 is 12.2. The molecule has 1 atom stereocenters. The lowest BCUT2D eigenvalue weighted by Crippen LogP contribution is -2.49. The lowest BCUT2D eigenvalue weighted by molar-refractivity contribution is -0.142. The maximum Gasteiger partial charge on any atom is 0.261 e. The van der Waals surface area contributed by atoms with Crippen LogP contribution >= 0.6 is 23.2 Å². The second-order valence-corrected chi connectivity index (χ2v) is 7.64. The van der Waals surface area contributed by atoms with Crippen molar-refractivity contribution in [3.8, 4) is 5.75 Å². The van der Waals surface area contributed by atoms with E-state index in [1.165, 1.54) is 23.1 Å². The van der Waals surface area contributed by atoms with Gasteiger partial charge >= 0.3 is 0 Å². The highest BCUT2D eigenvalue weighted by Crippen LogP contribution is 2.23. The number of halogens is 3. The molecule has 0 unspecified atom stereocenters. The predicted molar refractivity (Wildman–Crippen MR) is 116 cm³/mol. The van der Waals surface area contributed by atoms with Crippen molar-refractivity contribution in [2.45, 2.75) is 39.3 Å². The van der Waals surface area contributed by atoms with E-state index in [2.05, 4.69) is 5.32 Å². The molecule has 0 aliphatic heterocycles. The van der Waals surface area contributed by atoms with E-state index in [0.717, 1.165) is 12.8 Å². The van der Waals surface area contributed by atoms with Crippen LogP contribution in [0.3, 0.4) is 0 Å². The number of benzene rings is 2. The smallest absolute Gasteiger partial charge is 0.261 e. The third-order valence-corrected chi connectivity index (χ3v) is 5.13. The van der Waals surface area contributed by atoms with Gasteiger partial charge in [-0.1, -0.05) is 54.7 Å². The third kappa shape index (κ3) is 6.89. The number of carbonyl (C=O) groups is 2. The standard InChI is InChI=1S/C22H25Cl2FN2O3/c1-3-4-11-26-22(29)15(2)27(13-16-9-10-17(23)12-18(16)24)21(28)14-30-20-8-6-5-7-19(20)25/h5-10,12,15H,3-4,11,13-14H2,1-2H3,(H,26,29)/t15-/m1/s1. The Morgan fingerprint density at radius 1 is 1.20 bits per heavy atom. The van der Waals surface area contributed by atoms with Crippen molar-refractivity contribution in [3.05, 3.63) is 63.9 Å². The molecule has 8 heteroatoms. The minimum Gasteiger partial charge on any atom is -0.481 e. The van der Waals surface area contributed by atoms with Gasteiger partial charge in [0.2, 0.25) is 5.91 Å². The molecule has 0 radical (unpaired) electrons. The fraction of sp³-hybridized carbons (Fsp3) is 0.364. The minimum atomic E-state index is -0.773. The largest absolute Gasteiger partial charge is 0.481 e. The highest BCUT2D eigenvalue weighted by Gasteiger charge is 2.27. The Hall–Kier alpha value is -2.31. The van der Waals surface area contributed by atoms with E-state index >= 15 is 0 Å². The summed E-state index contributed by atoms with van der Waals surface area (Å²) in [6.07, 6.45) is 1.78. The topological polar surface area (TPSA) is 58.6 Å². The molecule has 0 saturated carbocycles. The number of nitrogens with zero attached hydrogens (tertiary/aromatic N) is 1. The zero-order valence-electron chi connectivity index (χ0n) is 17.0. The minimum absolute atomic E-state index is 0.0321. The highest BCUT2D eigenvalue weighted by molar-refractivity contribution is 6.35. The Balaban J connectivity index is 2.17. The molecule has 0 aliphatic carbocycles. The van der Waals surface area contributed by atoms with Gasteiger partial charge in [0.15, 0.2) is 18.2 Å². The molecule has 0 heterocycles. The molecule has 0 saturated heterocycles. The number of hydrogen-bond acceptors (Lipinski definition) is 3. The second kappa shape index (κ2) is 11.8. The van der Waals surface area contributed by atoms with Crippen molar-refractivity contribution < 1.29 is 18.7 Å². The number of para-hydroxylation sites is 1. The Labute approximate surface area is 186 Å². The molecular formula is C22H25Cl2FN2O3. The lowest BCUT2D eigenvalue weighted by Gasteiger charge is -2.29. The van der Waals surface area contributed by atoms with Gasteiger partial charge in [0.25, 0.3) is 5.91 Å². The van der Waals surface area contributed by atoms with Gasteiger partial charge in [-0.25, -0.2) is 4.39 Å². The summed E-state index contributed by atoms with van der Waals surface area (Å²) in [6.45, 7) is 3.84. The van der Waals surface area contributed by atoms with Gasteiger partial charge in [-0.2, -0.15) is 0 Å². The van der Waals surface area contributed by atoms with Crippen molar-refractivity contribution in [2.24, 2.45) is 0 Å². The van der Waals surface area contributed by atoms with E-state index < -0.39 is 24.4 Å². The number of nitrogens with one attached hydrogen (secondary N) is 1.